The smallest absolute Gasteiger partial charge is 0.154 e. The van der Waals surface area contributed by atoms with Crippen molar-refractivity contribution in [3.63, 3.8) is 0 Å². The Morgan fingerprint density at radius 3 is 3.25 bits per heavy atom. The summed E-state index contributed by atoms with van der Waals surface area (Å²) in [5.74, 6) is 0.536. The number of halogens is 1. The molecule has 1 aliphatic carbocycles. The van der Waals surface area contributed by atoms with Gasteiger partial charge in [0.1, 0.15) is 0 Å². The predicted molar refractivity (Wildman–Crippen MR) is 59.6 cm³/mol. The monoisotopic (exact) mass is 294 g/mol. The van der Waals surface area contributed by atoms with Gasteiger partial charge in [0, 0.05) is 17.3 Å². The number of hydrogen-bond donors (Lipinski definition) is 1. The van der Waals surface area contributed by atoms with Gasteiger partial charge in [-0.1, -0.05) is 0 Å². The van der Waals surface area contributed by atoms with Crippen LogP contribution >= 0.6 is 33.9 Å². The minimum absolute atomic E-state index is 0.536. The molecule has 1 aromatic rings. The molecule has 0 aromatic carbocycles. The van der Waals surface area contributed by atoms with Crippen molar-refractivity contribution in [2.24, 2.45) is 5.73 Å². The summed E-state index contributed by atoms with van der Waals surface area (Å²) in [5.41, 5.74) is 6.98. The summed E-state index contributed by atoms with van der Waals surface area (Å²) in [5, 5.41) is 0. The summed E-state index contributed by atoms with van der Waals surface area (Å²) in [6.45, 7) is 0.757. The molecular formula is C8H11IN2S. The number of rotatable bonds is 1. The van der Waals surface area contributed by atoms with Crippen LogP contribution < -0.4 is 5.73 Å². The Labute approximate surface area is 89.7 Å². The van der Waals surface area contributed by atoms with Crippen molar-refractivity contribution in [2.75, 3.05) is 6.54 Å². The van der Waals surface area contributed by atoms with E-state index in [0.717, 1.165) is 9.56 Å². The summed E-state index contributed by atoms with van der Waals surface area (Å²) < 4.78 is 1.16. The van der Waals surface area contributed by atoms with E-state index in [4.69, 9.17) is 5.73 Å². The van der Waals surface area contributed by atoms with E-state index in [1.54, 1.807) is 0 Å². The van der Waals surface area contributed by atoms with Crippen molar-refractivity contribution >= 4 is 33.9 Å². The Hall–Kier alpha value is 0.320. The van der Waals surface area contributed by atoms with Crippen molar-refractivity contribution < 1.29 is 0 Å². The van der Waals surface area contributed by atoms with Gasteiger partial charge < -0.3 is 5.73 Å². The van der Waals surface area contributed by atoms with Gasteiger partial charge in [-0.05, 0) is 41.9 Å². The van der Waals surface area contributed by atoms with Gasteiger partial charge >= 0.3 is 0 Å². The van der Waals surface area contributed by atoms with Crippen molar-refractivity contribution in [1.29, 1.82) is 0 Å². The van der Waals surface area contributed by atoms with Gasteiger partial charge in [0.05, 0.1) is 5.69 Å². The number of fused-ring (bicyclic) bond motifs is 1. The zero-order valence-electron chi connectivity index (χ0n) is 6.72. The zero-order chi connectivity index (χ0) is 8.55. The van der Waals surface area contributed by atoms with Gasteiger partial charge in [0.2, 0.25) is 0 Å². The molecule has 0 aliphatic heterocycles. The second kappa shape index (κ2) is 3.59. The van der Waals surface area contributed by atoms with Crippen molar-refractivity contribution in [3.8, 4) is 0 Å². The lowest BCUT2D eigenvalue weighted by molar-refractivity contribution is 0.553. The molecule has 0 spiro atoms. The van der Waals surface area contributed by atoms with Crippen LogP contribution in [0.3, 0.4) is 0 Å². The second-order valence-electron chi connectivity index (χ2n) is 3.10. The molecule has 66 valence electrons. The van der Waals surface area contributed by atoms with Crippen LogP contribution in [0.25, 0.3) is 0 Å². The molecule has 12 heavy (non-hydrogen) atoms. The first kappa shape index (κ1) is 8.90. The maximum atomic E-state index is 5.69. The maximum Gasteiger partial charge on any atom is 0.154 e. The van der Waals surface area contributed by atoms with Crippen LogP contribution in [-0.2, 0) is 6.42 Å². The van der Waals surface area contributed by atoms with Crippen molar-refractivity contribution in [1.82, 2.24) is 4.98 Å². The first-order valence-corrected chi connectivity index (χ1v) is 6.06. The van der Waals surface area contributed by atoms with Crippen LogP contribution in [0.4, 0.5) is 0 Å². The molecule has 0 saturated carbocycles. The zero-order valence-corrected chi connectivity index (χ0v) is 9.69. The van der Waals surface area contributed by atoms with Crippen LogP contribution in [0.1, 0.15) is 29.3 Å². The normalized spacial score (nSPS) is 22.3. The maximum absolute atomic E-state index is 5.69. The highest BCUT2D eigenvalue weighted by Gasteiger charge is 2.22. The van der Waals surface area contributed by atoms with Crippen LogP contribution in [0, 0.1) is 3.01 Å². The van der Waals surface area contributed by atoms with Gasteiger partial charge in [-0.2, -0.15) is 0 Å². The minimum Gasteiger partial charge on any atom is -0.330 e. The third-order valence-corrected chi connectivity index (χ3v) is 4.15. The molecule has 0 radical (unpaired) electrons. The Kier molecular flexibility index (Phi) is 2.66. The lowest BCUT2D eigenvalue weighted by Crippen LogP contribution is -2.17. The predicted octanol–water partition coefficient (Wildman–Crippen LogP) is 2.13. The lowest BCUT2D eigenvalue weighted by atomic mass is 9.91. The lowest BCUT2D eigenvalue weighted by Gasteiger charge is -2.18. The van der Waals surface area contributed by atoms with Crippen molar-refractivity contribution in [3.05, 3.63) is 13.6 Å². The topological polar surface area (TPSA) is 38.9 Å². The van der Waals surface area contributed by atoms with E-state index >= 15 is 0 Å². The van der Waals surface area contributed by atoms with E-state index in [0.29, 0.717) is 5.92 Å². The van der Waals surface area contributed by atoms with Crippen LogP contribution in [0.15, 0.2) is 0 Å². The molecule has 1 aliphatic rings. The summed E-state index contributed by atoms with van der Waals surface area (Å²) in [4.78, 5) is 6.00. The molecule has 1 aromatic heterocycles. The summed E-state index contributed by atoms with van der Waals surface area (Å²) >= 11 is 4.12. The van der Waals surface area contributed by atoms with Gasteiger partial charge in [0.25, 0.3) is 0 Å². The molecule has 4 heteroatoms. The van der Waals surface area contributed by atoms with E-state index < -0.39 is 0 Å². The molecule has 2 N–H and O–H groups in total. The number of nitrogens with two attached hydrogens (primary N) is 1. The summed E-state index contributed by atoms with van der Waals surface area (Å²) in [6, 6.07) is 0. The van der Waals surface area contributed by atoms with Crippen molar-refractivity contribution in [2.45, 2.75) is 25.2 Å². The van der Waals surface area contributed by atoms with Crippen LogP contribution in [0.2, 0.25) is 0 Å². The minimum atomic E-state index is 0.536. The highest BCUT2D eigenvalue weighted by molar-refractivity contribution is 14.1. The summed E-state index contributed by atoms with van der Waals surface area (Å²) in [6.07, 6.45) is 3.73. The number of hydrogen-bond acceptors (Lipinski definition) is 3. The molecule has 0 saturated heterocycles. The molecule has 1 heterocycles. The molecule has 1 unspecified atom stereocenters. The Morgan fingerprint density at radius 2 is 2.50 bits per heavy atom. The second-order valence-corrected chi connectivity index (χ2v) is 5.94. The van der Waals surface area contributed by atoms with E-state index in [2.05, 4.69) is 27.6 Å². The largest absolute Gasteiger partial charge is 0.330 e. The number of aromatic nitrogens is 1. The molecule has 1 atom stereocenters. The molecule has 2 rings (SSSR count). The summed E-state index contributed by atoms with van der Waals surface area (Å²) in [7, 11) is 0. The van der Waals surface area contributed by atoms with Gasteiger partial charge in [-0.15, -0.1) is 11.3 Å². The van der Waals surface area contributed by atoms with E-state index in [1.165, 1.54) is 29.8 Å². The molecule has 0 amide bonds. The quantitative estimate of drug-likeness (QED) is 0.806. The fraction of sp³-hybridized carbons (Fsp3) is 0.625. The van der Waals surface area contributed by atoms with Crippen LogP contribution in [-0.4, -0.2) is 11.5 Å². The molecular weight excluding hydrogens is 283 g/mol. The van der Waals surface area contributed by atoms with E-state index in [1.807, 2.05) is 11.3 Å². The SMILES string of the molecule is NCC1CCCc2sc(I)nc21. The Morgan fingerprint density at radius 1 is 1.67 bits per heavy atom. The standard InChI is InChI=1S/C8H11IN2S/c9-8-11-7-5(4-10)2-1-3-6(7)12-8/h5H,1-4,10H2. The third-order valence-electron chi connectivity index (χ3n) is 2.33. The fourth-order valence-corrected chi connectivity index (χ4v) is 3.67. The first-order chi connectivity index (χ1) is 5.81. The Bertz CT molecular complexity index is 285. The molecule has 2 nitrogen and oxygen atoms in total. The van der Waals surface area contributed by atoms with Gasteiger partial charge in [0.15, 0.2) is 3.01 Å². The van der Waals surface area contributed by atoms with E-state index in [-0.39, 0.29) is 0 Å². The highest BCUT2D eigenvalue weighted by atomic mass is 127. The molecule has 0 bridgehead atoms. The van der Waals surface area contributed by atoms with Crippen LogP contribution in [0.5, 0.6) is 0 Å². The average molecular weight is 294 g/mol. The van der Waals surface area contributed by atoms with Gasteiger partial charge in [-0.3, -0.25) is 0 Å². The van der Waals surface area contributed by atoms with E-state index in [9.17, 15) is 0 Å². The first-order valence-electron chi connectivity index (χ1n) is 4.16. The number of aryl methyl sites for hydroxylation is 1. The average Bonchev–Trinajstić information content (AvgIpc) is 2.44. The number of nitrogens with zero attached hydrogens (tertiary/aromatic N) is 1. The van der Waals surface area contributed by atoms with Gasteiger partial charge in [-0.25, -0.2) is 4.98 Å². The highest BCUT2D eigenvalue weighted by Crippen LogP contribution is 2.34. The fourth-order valence-electron chi connectivity index (χ4n) is 1.71. The third kappa shape index (κ3) is 1.52. The Balaban J connectivity index is 2.36. The number of thiazole rings is 1. The molecule has 0 fully saturated rings.